The Morgan fingerprint density at radius 2 is 1.76 bits per heavy atom. The summed E-state index contributed by atoms with van der Waals surface area (Å²) in [5.41, 5.74) is 8.35. The summed E-state index contributed by atoms with van der Waals surface area (Å²) in [5, 5.41) is 0.820. The van der Waals surface area contributed by atoms with E-state index in [1.54, 1.807) is 6.20 Å². The lowest BCUT2D eigenvalue weighted by Gasteiger charge is -2.13. The van der Waals surface area contributed by atoms with E-state index in [0.717, 1.165) is 16.5 Å². The van der Waals surface area contributed by atoms with Gasteiger partial charge in [-0.05, 0) is 29.3 Å². The zero-order chi connectivity index (χ0) is 18.2. The summed E-state index contributed by atoms with van der Waals surface area (Å²) in [6.45, 7) is 1.45. The van der Waals surface area contributed by atoms with Gasteiger partial charge >= 0.3 is 6.36 Å². The first-order chi connectivity index (χ1) is 11.8. The van der Waals surface area contributed by atoms with E-state index in [0.29, 0.717) is 5.56 Å². The van der Waals surface area contributed by atoms with Crippen molar-refractivity contribution in [3.8, 4) is 5.75 Å². The van der Waals surface area contributed by atoms with Crippen molar-refractivity contribution < 1.29 is 22.7 Å². The Morgan fingerprint density at radius 1 is 1.12 bits per heavy atom. The summed E-state index contributed by atoms with van der Waals surface area (Å²) in [7, 11) is 0. The lowest BCUT2D eigenvalue weighted by Crippen LogP contribution is -2.17. The summed E-state index contributed by atoms with van der Waals surface area (Å²) in [5.74, 6) is -0.460. The smallest absolute Gasteiger partial charge is 0.406 e. The summed E-state index contributed by atoms with van der Waals surface area (Å²) in [6, 6.07) is 12.1. The van der Waals surface area contributed by atoms with Gasteiger partial charge in [-0.3, -0.25) is 9.36 Å². The van der Waals surface area contributed by atoms with Gasteiger partial charge in [0.25, 0.3) is 0 Å². The van der Waals surface area contributed by atoms with Crippen LogP contribution in [0.5, 0.6) is 5.75 Å². The number of alkyl halides is 3. The van der Waals surface area contributed by atoms with Gasteiger partial charge in [-0.25, -0.2) is 0 Å². The molecular formula is C18H15F3N2O2. The van der Waals surface area contributed by atoms with Gasteiger partial charge in [-0.2, -0.15) is 0 Å². The van der Waals surface area contributed by atoms with Gasteiger partial charge < -0.3 is 10.5 Å². The second-order valence-corrected chi connectivity index (χ2v) is 5.59. The molecule has 3 aromatic rings. The third-order valence-electron chi connectivity index (χ3n) is 3.89. The number of aromatic nitrogens is 1. The first-order valence-corrected chi connectivity index (χ1v) is 7.48. The Kier molecular flexibility index (Phi) is 4.26. The number of para-hydroxylation sites is 1. The van der Waals surface area contributed by atoms with Crippen LogP contribution in [0.25, 0.3) is 10.9 Å². The predicted octanol–water partition coefficient (Wildman–Crippen LogP) is 4.25. The standard InChI is InChI=1S/C18H15F3N2O2/c1-11(24)23-10-15(14-4-2-3-5-16(14)23)17(22)12-6-8-13(9-7-12)25-18(19,20)21/h2-10,17H,22H2,1H3/t17-/m0/s1. The van der Waals surface area contributed by atoms with Gasteiger partial charge in [-0.15, -0.1) is 13.2 Å². The fourth-order valence-corrected chi connectivity index (χ4v) is 2.77. The second-order valence-electron chi connectivity index (χ2n) is 5.59. The summed E-state index contributed by atoms with van der Waals surface area (Å²) in [6.07, 6.45) is -3.07. The van der Waals surface area contributed by atoms with Crippen molar-refractivity contribution in [3.05, 3.63) is 65.9 Å². The number of benzene rings is 2. The van der Waals surface area contributed by atoms with Crippen LogP contribution in [0.4, 0.5) is 13.2 Å². The molecule has 0 bridgehead atoms. The fraction of sp³-hybridized carbons (Fsp3) is 0.167. The van der Waals surface area contributed by atoms with Crippen LogP contribution >= 0.6 is 0 Å². The maximum absolute atomic E-state index is 12.2. The Morgan fingerprint density at radius 3 is 2.36 bits per heavy atom. The minimum atomic E-state index is -4.74. The molecule has 1 atom stereocenters. The molecule has 4 nitrogen and oxygen atoms in total. The number of hydrogen-bond donors (Lipinski definition) is 1. The molecule has 1 aromatic heterocycles. The highest BCUT2D eigenvalue weighted by Gasteiger charge is 2.31. The monoisotopic (exact) mass is 348 g/mol. The molecule has 25 heavy (non-hydrogen) atoms. The maximum Gasteiger partial charge on any atom is 0.573 e. The number of ether oxygens (including phenoxy) is 1. The molecule has 3 rings (SSSR count). The SMILES string of the molecule is CC(=O)n1cc([C@@H](N)c2ccc(OC(F)(F)F)cc2)c2ccccc21. The molecule has 0 aliphatic rings. The highest BCUT2D eigenvalue weighted by Crippen LogP contribution is 2.31. The van der Waals surface area contributed by atoms with E-state index in [1.165, 1.54) is 35.8 Å². The first-order valence-electron chi connectivity index (χ1n) is 7.48. The zero-order valence-electron chi connectivity index (χ0n) is 13.2. The molecule has 0 aliphatic heterocycles. The van der Waals surface area contributed by atoms with Crippen molar-refractivity contribution in [1.82, 2.24) is 4.57 Å². The lowest BCUT2D eigenvalue weighted by atomic mass is 9.99. The van der Waals surface area contributed by atoms with Crippen molar-refractivity contribution in [2.45, 2.75) is 19.3 Å². The van der Waals surface area contributed by atoms with Crippen LogP contribution in [0.15, 0.2) is 54.7 Å². The van der Waals surface area contributed by atoms with E-state index in [1.807, 2.05) is 24.3 Å². The number of nitrogens with zero attached hydrogens (tertiary/aromatic N) is 1. The molecular weight excluding hydrogens is 333 g/mol. The normalized spacial score (nSPS) is 13.0. The van der Waals surface area contributed by atoms with Crippen LogP contribution in [0.3, 0.4) is 0 Å². The maximum atomic E-state index is 12.2. The molecule has 0 fully saturated rings. The quantitative estimate of drug-likeness (QED) is 0.770. The summed E-state index contributed by atoms with van der Waals surface area (Å²) in [4.78, 5) is 11.8. The number of hydrogen-bond acceptors (Lipinski definition) is 3. The van der Waals surface area contributed by atoms with E-state index >= 15 is 0 Å². The van der Waals surface area contributed by atoms with E-state index in [9.17, 15) is 18.0 Å². The van der Waals surface area contributed by atoms with E-state index < -0.39 is 12.4 Å². The number of fused-ring (bicyclic) bond motifs is 1. The van der Waals surface area contributed by atoms with E-state index in [-0.39, 0.29) is 11.7 Å². The molecule has 1 heterocycles. The van der Waals surface area contributed by atoms with Crippen LogP contribution in [0.2, 0.25) is 0 Å². The average molecular weight is 348 g/mol. The number of halogens is 3. The molecule has 0 spiro atoms. The summed E-state index contributed by atoms with van der Waals surface area (Å²) < 4.78 is 42.1. The van der Waals surface area contributed by atoms with Crippen molar-refractivity contribution >= 4 is 16.8 Å². The van der Waals surface area contributed by atoms with Gasteiger partial charge in [0.1, 0.15) is 5.75 Å². The summed E-state index contributed by atoms with van der Waals surface area (Å²) >= 11 is 0. The largest absolute Gasteiger partial charge is 0.573 e. The molecule has 130 valence electrons. The number of carbonyl (C=O) groups is 1. The van der Waals surface area contributed by atoms with Crippen molar-refractivity contribution in [3.63, 3.8) is 0 Å². The van der Waals surface area contributed by atoms with Crippen molar-refractivity contribution in [2.24, 2.45) is 5.73 Å². The van der Waals surface area contributed by atoms with Crippen LogP contribution in [0, 0.1) is 0 Å². The Hall–Kier alpha value is -2.80. The molecule has 0 amide bonds. The number of rotatable bonds is 3. The molecule has 7 heteroatoms. The van der Waals surface area contributed by atoms with Gasteiger partial charge in [0, 0.05) is 18.5 Å². The molecule has 0 saturated heterocycles. The average Bonchev–Trinajstić information content (AvgIpc) is 2.93. The highest BCUT2D eigenvalue weighted by atomic mass is 19.4. The van der Waals surface area contributed by atoms with Gasteiger partial charge in [0.2, 0.25) is 5.91 Å². The van der Waals surface area contributed by atoms with Crippen molar-refractivity contribution in [1.29, 1.82) is 0 Å². The Labute approximate surface area is 141 Å². The van der Waals surface area contributed by atoms with Crippen LogP contribution < -0.4 is 10.5 Å². The zero-order valence-corrected chi connectivity index (χ0v) is 13.2. The third kappa shape index (κ3) is 3.51. The fourth-order valence-electron chi connectivity index (χ4n) is 2.77. The first kappa shape index (κ1) is 17.0. The van der Waals surface area contributed by atoms with Crippen LogP contribution in [-0.2, 0) is 0 Å². The topological polar surface area (TPSA) is 57.2 Å². The molecule has 2 N–H and O–H groups in total. The lowest BCUT2D eigenvalue weighted by molar-refractivity contribution is -0.274. The third-order valence-corrected chi connectivity index (χ3v) is 3.89. The number of nitrogens with two attached hydrogens (primary N) is 1. The molecule has 0 saturated carbocycles. The van der Waals surface area contributed by atoms with Crippen LogP contribution in [0.1, 0.15) is 28.9 Å². The van der Waals surface area contributed by atoms with Gasteiger partial charge in [0.15, 0.2) is 0 Å². The predicted molar refractivity (Wildman–Crippen MR) is 87.4 cm³/mol. The Bertz CT molecular complexity index is 914. The van der Waals surface area contributed by atoms with E-state index in [2.05, 4.69) is 4.74 Å². The Balaban J connectivity index is 1.97. The second kappa shape index (κ2) is 6.25. The minimum Gasteiger partial charge on any atom is -0.406 e. The molecule has 0 unspecified atom stereocenters. The minimum absolute atomic E-state index is 0.149. The molecule has 2 aromatic carbocycles. The van der Waals surface area contributed by atoms with Crippen molar-refractivity contribution in [2.75, 3.05) is 0 Å². The molecule has 0 aliphatic carbocycles. The highest BCUT2D eigenvalue weighted by molar-refractivity contribution is 5.94. The van der Waals surface area contributed by atoms with Gasteiger partial charge in [-0.1, -0.05) is 30.3 Å². The van der Waals surface area contributed by atoms with Crippen LogP contribution in [-0.4, -0.2) is 16.8 Å². The number of carbonyl (C=O) groups excluding carboxylic acids is 1. The van der Waals surface area contributed by atoms with E-state index in [4.69, 9.17) is 5.73 Å². The van der Waals surface area contributed by atoms with Gasteiger partial charge in [0.05, 0.1) is 11.6 Å². The molecule has 0 radical (unpaired) electrons.